The van der Waals surface area contributed by atoms with E-state index in [0.29, 0.717) is 6.61 Å². The third-order valence-corrected chi connectivity index (χ3v) is 3.54. The van der Waals surface area contributed by atoms with E-state index in [4.69, 9.17) is 4.74 Å². The Balaban J connectivity index is 2.23. The van der Waals surface area contributed by atoms with Gasteiger partial charge in [-0.25, -0.2) is 0 Å². The summed E-state index contributed by atoms with van der Waals surface area (Å²) in [4.78, 5) is 6.98. The standard InChI is InChI=1S/C18H32N4O/c1-4-19-18(21-14-15-22(5-2)6-3)20-13-10-16-23-17-11-8-7-9-12-17/h7-9,11-12H,4-6,10,13-16H2,1-3H3,(H2,19,20,21). The molecule has 0 atom stereocenters. The van der Waals surface area contributed by atoms with E-state index < -0.39 is 0 Å². The van der Waals surface area contributed by atoms with Crippen LogP contribution in [0.5, 0.6) is 5.75 Å². The van der Waals surface area contributed by atoms with Gasteiger partial charge < -0.3 is 20.3 Å². The van der Waals surface area contributed by atoms with Crippen LogP contribution in [0.1, 0.15) is 27.2 Å². The molecular formula is C18H32N4O. The average molecular weight is 320 g/mol. The van der Waals surface area contributed by atoms with Crippen molar-refractivity contribution in [3.8, 4) is 5.75 Å². The van der Waals surface area contributed by atoms with Gasteiger partial charge in [-0.1, -0.05) is 32.0 Å². The molecule has 0 amide bonds. The summed E-state index contributed by atoms with van der Waals surface area (Å²) < 4.78 is 5.67. The smallest absolute Gasteiger partial charge is 0.191 e. The van der Waals surface area contributed by atoms with Crippen LogP contribution in [0, 0.1) is 0 Å². The summed E-state index contributed by atoms with van der Waals surface area (Å²) in [7, 11) is 0. The van der Waals surface area contributed by atoms with Crippen LogP contribution in [-0.4, -0.2) is 56.7 Å². The van der Waals surface area contributed by atoms with Crippen molar-refractivity contribution in [2.24, 2.45) is 4.99 Å². The summed E-state index contributed by atoms with van der Waals surface area (Å²) in [5.74, 6) is 1.81. The number of guanidine groups is 1. The number of hydrogen-bond acceptors (Lipinski definition) is 3. The zero-order valence-corrected chi connectivity index (χ0v) is 14.8. The van der Waals surface area contributed by atoms with E-state index in [0.717, 1.165) is 57.4 Å². The molecule has 1 rings (SSSR count). The molecular weight excluding hydrogens is 288 g/mol. The van der Waals surface area contributed by atoms with Crippen LogP contribution >= 0.6 is 0 Å². The first kappa shape index (κ1) is 19.3. The molecule has 0 saturated carbocycles. The summed E-state index contributed by atoms with van der Waals surface area (Å²) in [5, 5.41) is 6.67. The fourth-order valence-corrected chi connectivity index (χ4v) is 2.18. The highest BCUT2D eigenvalue weighted by molar-refractivity contribution is 5.79. The van der Waals surface area contributed by atoms with E-state index in [9.17, 15) is 0 Å². The molecule has 0 bridgehead atoms. The number of benzene rings is 1. The Kier molecular flexibility index (Phi) is 10.7. The van der Waals surface area contributed by atoms with Crippen molar-refractivity contribution < 1.29 is 4.74 Å². The first-order valence-corrected chi connectivity index (χ1v) is 8.72. The molecule has 1 aromatic rings. The molecule has 0 saturated heterocycles. The molecule has 0 aliphatic rings. The normalized spacial score (nSPS) is 11.6. The molecule has 5 heteroatoms. The lowest BCUT2D eigenvalue weighted by Gasteiger charge is -2.19. The second-order valence-electron chi connectivity index (χ2n) is 5.23. The number of hydrogen-bond donors (Lipinski definition) is 2. The average Bonchev–Trinajstić information content (AvgIpc) is 2.59. The predicted molar refractivity (Wildman–Crippen MR) is 98.3 cm³/mol. The number of nitrogens with zero attached hydrogens (tertiary/aromatic N) is 2. The molecule has 130 valence electrons. The van der Waals surface area contributed by atoms with Gasteiger partial charge in [0.1, 0.15) is 5.75 Å². The van der Waals surface area contributed by atoms with E-state index in [2.05, 4.69) is 41.3 Å². The minimum Gasteiger partial charge on any atom is -0.494 e. The molecule has 1 aromatic carbocycles. The molecule has 2 N–H and O–H groups in total. The van der Waals surface area contributed by atoms with Crippen molar-refractivity contribution in [2.75, 3.05) is 45.9 Å². The van der Waals surface area contributed by atoms with Crippen LogP contribution in [0.3, 0.4) is 0 Å². The molecule has 0 aromatic heterocycles. The van der Waals surface area contributed by atoms with Crippen LogP contribution in [0.25, 0.3) is 0 Å². The number of ether oxygens (including phenoxy) is 1. The van der Waals surface area contributed by atoms with E-state index in [1.165, 1.54) is 0 Å². The Labute approximate surface area is 141 Å². The van der Waals surface area contributed by atoms with Crippen molar-refractivity contribution >= 4 is 5.96 Å². The number of rotatable bonds is 11. The van der Waals surface area contributed by atoms with Gasteiger partial charge in [-0.3, -0.25) is 4.99 Å². The van der Waals surface area contributed by atoms with E-state index in [-0.39, 0.29) is 0 Å². The second-order valence-corrected chi connectivity index (χ2v) is 5.23. The van der Waals surface area contributed by atoms with Gasteiger partial charge >= 0.3 is 0 Å². The largest absolute Gasteiger partial charge is 0.494 e. The van der Waals surface area contributed by atoms with E-state index in [1.54, 1.807) is 0 Å². The summed E-state index contributed by atoms with van der Waals surface area (Å²) in [6.07, 6.45) is 0.904. The monoisotopic (exact) mass is 320 g/mol. The molecule has 0 aliphatic carbocycles. The topological polar surface area (TPSA) is 48.9 Å². The summed E-state index contributed by atoms with van der Waals surface area (Å²) >= 11 is 0. The first-order valence-electron chi connectivity index (χ1n) is 8.72. The first-order chi connectivity index (χ1) is 11.3. The van der Waals surface area contributed by atoms with Gasteiger partial charge in [0.25, 0.3) is 0 Å². The molecule has 23 heavy (non-hydrogen) atoms. The Morgan fingerprint density at radius 3 is 2.48 bits per heavy atom. The molecule has 5 nitrogen and oxygen atoms in total. The van der Waals surface area contributed by atoms with Crippen molar-refractivity contribution in [2.45, 2.75) is 27.2 Å². The lowest BCUT2D eigenvalue weighted by atomic mass is 10.3. The lowest BCUT2D eigenvalue weighted by molar-refractivity contribution is 0.307. The van der Waals surface area contributed by atoms with Crippen molar-refractivity contribution in [1.82, 2.24) is 15.5 Å². The number of aliphatic imine (C=N–C) groups is 1. The van der Waals surface area contributed by atoms with Gasteiger partial charge in [-0.15, -0.1) is 0 Å². The zero-order chi connectivity index (χ0) is 16.8. The number of nitrogens with one attached hydrogen (secondary N) is 2. The van der Waals surface area contributed by atoms with Crippen molar-refractivity contribution in [1.29, 1.82) is 0 Å². The number of para-hydroxylation sites is 1. The fraction of sp³-hybridized carbons (Fsp3) is 0.611. The highest BCUT2D eigenvalue weighted by atomic mass is 16.5. The second kappa shape index (κ2) is 12.8. The minimum absolute atomic E-state index is 0.687. The molecule has 0 aliphatic heterocycles. The van der Waals surface area contributed by atoms with Gasteiger partial charge in [0, 0.05) is 32.6 Å². The Bertz CT molecular complexity index is 418. The quantitative estimate of drug-likeness (QED) is 0.373. The highest BCUT2D eigenvalue weighted by Gasteiger charge is 2.00. The van der Waals surface area contributed by atoms with E-state index >= 15 is 0 Å². The van der Waals surface area contributed by atoms with Crippen molar-refractivity contribution in [3.63, 3.8) is 0 Å². The van der Waals surface area contributed by atoms with Crippen LogP contribution < -0.4 is 15.4 Å². The zero-order valence-electron chi connectivity index (χ0n) is 14.8. The van der Waals surface area contributed by atoms with Gasteiger partial charge in [0.05, 0.1) is 6.61 Å². The number of likely N-dealkylation sites (N-methyl/N-ethyl adjacent to an activating group) is 1. The van der Waals surface area contributed by atoms with Gasteiger partial charge in [0.15, 0.2) is 5.96 Å². The van der Waals surface area contributed by atoms with Gasteiger partial charge in [-0.2, -0.15) is 0 Å². The van der Waals surface area contributed by atoms with Crippen molar-refractivity contribution in [3.05, 3.63) is 30.3 Å². The minimum atomic E-state index is 0.687. The Morgan fingerprint density at radius 2 is 1.83 bits per heavy atom. The molecule has 0 unspecified atom stereocenters. The third kappa shape index (κ3) is 9.08. The lowest BCUT2D eigenvalue weighted by Crippen LogP contribution is -2.41. The van der Waals surface area contributed by atoms with Gasteiger partial charge in [-0.05, 0) is 32.1 Å². The van der Waals surface area contributed by atoms with Gasteiger partial charge in [0.2, 0.25) is 0 Å². The third-order valence-electron chi connectivity index (χ3n) is 3.54. The molecule has 0 spiro atoms. The summed E-state index contributed by atoms with van der Waals surface area (Å²) in [6, 6.07) is 9.90. The van der Waals surface area contributed by atoms with Crippen LogP contribution in [-0.2, 0) is 0 Å². The molecule has 0 radical (unpaired) electrons. The maximum absolute atomic E-state index is 5.67. The van der Waals surface area contributed by atoms with Crippen LogP contribution in [0.4, 0.5) is 0 Å². The summed E-state index contributed by atoms with van der Waals surface area (Å²) in [6.45, 7) is 12.9. The predicted octanol–water partition coefficient (Wildman–Crippen LogP) is 2.35. The Morgan fingerprint density at radius 1 is 1.09 bits per heavy atom. The Hall–Kier alpha value is -1.75. The highest BCUT2D eigenvalue weighted by Crippen LogP contribution is 2.08. The molecule has 0 fully saturated rings. The van der Waals surface area contributed by atoms with Crippen LogP contribution in [0.2, 0.25) is 0 Å². The van der Waals surface area contributed by atoms with Crippen LogP contribution in [0.15, 0.2) is 35.3 Å². The maximum atomic E-state index is 5.67. The summed E-state index contributed by atoms with van der Waals surface area (Å²) in [5.41, 5.74) is 0. The fourth-order valence-electron chi connectivity index (χ4n) is 2.18. The molecule has 0 heterocycles. The maximum Gasteiger partial charge on any atom is 0.191 e. The van der Waals surface area contributed by atoms with E-state index in [1.807, 2.05) is 30.3 Å². The SMILES string of the molecule is CCNC(=NCCCOc1ccccc1)NCCN(CC)CC.